The summed E-state index contributed by atoms with van der Waals surface area (Å²) in [6.07, 6.45) is 4.31. The van der Waals surface area contributed by atoms with Crippen molar-refractivity contribution in [1.29, 1.82) is 0 Å². The zero-order chi connectivity index (χ0) is 18.4. The van der Waals surface area contributed by atoms with Crippen LogP contribution in [0.2, 0.25) is 0 Å². The van der Waals surface area contributed by atoms with Gasteiger partial charge in [-0.2, -0.15) is 0 Å². The number of carbonyl (C=O) groups excluding carboxylic acids is 1. The molecule has 2 saturated heterocycles. The summed E-state index contributed by atoms with van der Waals surface area (Å²) >= 11 is 0. The monoisotopic (exact) mass is 360 g/mol. The molecular weight excluding hydrogens is 328 g/mol. The Labute approximate surface area is 157 Å². The highest BCUT2D eigenvalue weighted by atomic mass is 16.5. The van der Waals surface area contributed by atoms with Gasteiger partial charge in [0.15, 0.2) is 0 Å². The molecule has 0 bridgehead atoms. The number of carbonyl (C=O) groups is 1. The van der Waals surface area contributed by atoms with Gasteiger partial charge in [0.2, 0.25) is 5.91 Å². The molecule has 1 amide bonds. The van der Waals surface area contributed by atoms with Crippen molar-refractivity contribution in [2.45, 2.75) is 45.8 Å². The average molecular weight is 360 g/mol. The highest BCUT2D eigenvalue weighted by molar-refractivity contribution is 5.79. The second kappa shape index (κ2) is 9.38. The lowest BCUT2D eigenvalue weighted by atomic mass is 9.95. The third-order valence-electron chi connectivity index (χ3n) is 5.57. The molecule has 1 aromatic rings. The first kappa shape index (κ1) is 19.2. The van der Waals surface area contributed by atoms with Crippen molar-refractivity contribution in [2.75, 3.05) is 39.9 Å². The predicted molar refractivity (Wildman–Crippen MR) is 102 cm³/mol. The lowest BCUT2D eigenvalue weighted by Gasteiger charge is -2.33. The van der Waals surface area contributed by atoms with Gasteiger partial charge in [-0.25, -0.2) is 0 Å². The van der Waals surface area contributed by atoms with Crippen LogP contribution < -0.4 is 4.74 Å². The van der Waals surface area contributed by atoms with Crippen LogP contribution in [0, 0.1) is 5.92 Å². The van der Waals surface area contributed by atoms with E-state index in [2.05, 4.69) is 21.9 Å². The Morgan fingerprint density at radius 1 is 1.15 bits per heavy atom. The van der Waals surface area contributed by atoms with Gasteiger partial charge in [-0.05, 0) is 63.4 Å². The number of piperidine rings is 1. The molecule has 2 aliphatic heterocycles. The van der Waals surface area contributed by atoms with Crippen LogP contribution in [0.1, 0.15) is 43.7 Å². The summed E-state index contributed by atoms with van der Waals surface area (Å²) in [4.78, 5) is 17.1. The summed E-state index contributed by atoms with van der Waals surface area (Å²) in [6.45, 7) is 8.14. The third kappa shape index (κ3) is 4.77. The van der Waals surface area contributed by atoms with E-state index >= 15 is 0 Å². The quantitative estimate of drug-likeness (QED) is 0.749. The number of methoxy groups -OCH3 is 1. The molecule has 0 atom stereocenters. The second-order valence-corrected chi connectivity index (χ2v) is 7.37. The Morgan fingerprint density at radius 3 is 2.54 bits per heavy atom. The van der Waals surface area contributed by atoms with Gasteiger partial charge in [-0.1, -0.05) is 6.07 Å². The molecule has 5 nitrogen and oxygen atoms in total. The van der Waals surface area contributed by atoms with Crippen molar-refractivity contribution in [2.24, 2.45) is 5.92 Å². The molecule has 0 unspecified atom stereocenters. The van der Waals surface area contributed by atoms with Crippen molar-refractivity contribution >= 4 is 5.91 Å². The summed E-state index contributed by atoms with van der Waals surface area (Å²) < 4.78 is 11.0. The highest BCUT2D eigenvalue weighted by Gasteiger charge is 2.29. The van der Waals surface area contributed by atoms with Gasteiger partial charge in [0.25, 0.3) is 0 Å². The van der Waals surface area contributed by atoms with E-state index in [0.29, 0.717) is 19.1 Å². The number of hydrogen-bond donors (Lipinski definition) is 0. The molecule has 0 radical (unpaired) electrons. The number of hydrogen-bond acceptors (Lipinski definition) is 4. The molecule has 2 fully saturated rings. The Hall–Kier alpha value is -1.59. The molecule has 0 N–H and O–H groups in total. The smallest absolute Gasteiger partial charge is 0.225 e. The second-order valence-electron chi connectivity index (χ2n) is 7.37. The van der Waals surface area contributed by atoms with E-state index in [9.17, 15) is 4.79 Å². The number of nitrogens with zero attached hydrogens (tertiary/aromatic N) is 2. The van der Waals surface area contributed by atoms with Crippen LogP contribution in [0.5, 0.6) is 5.75 Å². The summed E-state index contributed by atoms with van der Waals surface area (Å²) in [5.74, 6) is 1.51. The van der Waals surface area contributed by atoms with Gasteiger partial charge >= 0.3 is 0 Å². The molecule has 0 spiro atoms. The molecule has 2 aliphatic rings. The maximum atomic E-state index is 12.6. The van der Waals surface area contributed by atoms with Crippen LogP contribution in [-0.2, 0) is 22.7 Å². The molecule has 0 aliphatic carbocycles. The summed E-state index contributed by atoms with van der Waals surface area (Å²) in [5.41, 5.74) is 2.38. The van der Waals surface area contributed by atoms with E-state index < -0.39 is 0 Å². The molecule has 0 saturated carbocycles. The van der Waals surface area contributed by atoms with Crippen LogP contribution >= 0.6 is 0 Å². The normalized spacial score (nSPS) is 19.1. The van der Waals surface area contributed by atoms with Crippen LogP contribution in [0.4, 0.5) is 0 Å². The number of likely N-dealkylation sites (tertiary alicyclic amines) is 2. The van der Waals surface area contributed by atoms with Crippen LogP contribution in [0.25, 0.3) is 0 Å². The van der Waals surface area contributed by atoms with E-state index in [1.54, 1.807) is 7.11 Å². The van der Waals surface area contributed by atoms with Crippen molar-refractivity contribution in [3.8, 4) is 5.75 Å². The van der Waals surface area contributed by atoms with Crippen molar-refractivity contribution in [1.82, 2.24) is 9.80 Å². The Bertz CT molecular complexity index is 591. The maximum Gasteiger partial charge on any atom is 0.225 e. The summed E-state index contributed by atoms with van der Waals surface area (Å²) in [5, 5.41) is 0. The number of benzene rings is 1. The molecule has 5 heteroatoms. The first-order chi connectivity index (χ1) is 12.7. The molecule has 1 aromatic carbocycles. The highest BCUT2D eigenvalue weighted by Crippen LogP contribution is 2.25. The first-order valence-corrected chi connectivity index (χ1v) is 9.96. The standard InChI is InChI=1S/C21H32N2O3/c1-3-26-16-19-14-17(6-7-20(19)25-2)15-22-12-8-18(9-13-22)21(24)23-10-4-5-11-23/h6-7,14,18H,3-5,8-13,15-16H2,1-2H3. The van der Waals surface area contributed by atoms with Crippen molar-refractivity contribution in [3.05, 3.63) is 29.3 Å². The van der Waals surface area contributed by atoms with Crippen LogP contribution in [-0.4, -0.2) is 55.6 Å². The fourth-order valence-corrected chi connectivity index (χ4v) is 4.05. The molecule has 144 valence electrons. The van der Waals surface area contributed by atoms with Crippen molar-refractivity contribution in [3.63, 3.8) is 0 Å². The summed E-state index contributed by atoms with van der Waals surface area (Å²) in [7, 11) is 1.70. The maximum absolute atomic E-state index is 12.6. The first-order valence-electron chi connectivity index (χ1n) is 9.96. The van der Waals surface area contributed by atoms with Crippen molar-refractivity contribution < 1.29 is 14.3 Å². The predicted octanol–water partition coefficient (Wildman–Crippen LogP) is 3.07. The number of ether oxygens (including phenoxy) is 2. The lowest BCUT2D eigenvalue weighted by Crippen LogP contribution is -2.41. The fourth-order valence-electron chi connectivity index (χ4n) is 4.05. The molecule has 3 rings (SSSR count). The largest absolute Gasteiger partial charge is 0.496 e. The van der Waals surface area contributed by atoms with Crippen LogP contribution in [0.15, 0.2) is 18.2 Å². The minimum atomic E-state index is 0.230. The molecule has 26 heavy (non-hydrogen) atoms. The van der Waals surface area contributed by atoms with Crippen LogP contribution in [0.3, 0.4) is 0 Å². The minimum Gasteiger partial charge on any atom is -0.496 e. The van der Waals surface area contributed by atoms with E-state index in [0.717, 1.165) is 56.9 Å². The topological polar surface area (TPSA) is 42.0 Å². The van der Waals surface area contributed by atoms with E-state index in [-0.39, 0.29) is 5.92 Å². The summed E-state index contributed by atoms with van der Waals surface area (Å²) in [6, 6.07) is 6.36. The molecule has 0 aromatic heterocycles. The fraction of sp³-hybridized carbons (Fsp3) is 0.667. The lowest BCUT2D eigenvalue weighted by molar-refractivity contribution is -0.136. The Balaban J connectivity index is 1.53. The van der Waals surface area contributed by atoms with E-state index in [4.69, 9.17) is 9.47 Å². The minimum absolute atomic E-state index is 0.230. The Morgan fingerprint density at radius 2 is 1.88 bits per heavy atom. The van der Waals surface area contributed by atoms with E-state index in [1.165, 1.54) is 18.4 Å². The van der Waals surface area contributed by atoms with Gasteiger partial charge < -0.3 is 14.4 Å². The zero-order valence-electron chi connectivity index (χ0n) is 16.2. The van der Waals surface area contributed by atoms with Gasteiger partial charge in [-0.15, -0.1) is 0 Å². The third-order valence-corrected chi connectivity index (χ3v) is 5.57. The SMILES string of the molecule is CCOCc1cc(CN2CCC(C(=O)N3CCCC3)CC2)ccc1OC. The number of rotatable bonds is 7. The van der Waals surface area contributed by atoms with Gasteiger partial charge in [-0.3, -0.25) is 9.69 Å². The van der Waals surface area contributed by atoms with Gasteiger partial charge in [0, 0.05) is 37.7 Å². The molecular formula is C21H32N2O3. The zero-order valence-corrected chi connectivity index (χ0v) is 16.2. The average Bonchev–Trinajstić information content (AvgIpc) is 3.21. The number of amides is 1. The van der Waals surface area contributed by atoms with Gasteiger partial charge in [0.05, 0.1) is 13.7 Å². The molecule has 2 heterocycles. The van der Waals surface area contributed by atoms with E-state index in [1.807, 2.05) is 13.0 Å². The van der Waals surface area contributed by atoms with Gasteiger partial charge in [0.1, 0.15) is 5.75 Å². The Kier molecular flexibility index (Phi) is 6.92.